The minimum Gasteiger partial charge on any atom is -0.368 e. The van der Waals surface area contributed by atoms with Crippen molar-refractivity contribution in [1.29, 1.82) is 0 Å². The van der Waals surface area contributed by atoms with Crippen LogP contribution >= 0.6 is 11.8 Å². The number of thioether (sulfide) groups is 1. The SMILES string of the molecule is CNC(=O)CSc1nc(N)ncc1C. The molecule has 0 aliphatic rings. The summed E-state index contributed by atoms with van der Waals surface area (Å²) in [6.07, 6.45) is 1.65. The number of anilines is 1. The zero-order chi connectivity index (χ0) is 10.6. The van der Waals surface area contributed by atoms with Crippen molar-refractivity contribution >= 4 is 23.6 Å². The van der Waals surface area contributed by atoms with Crippen molar-refractivity contribution in [2.75, 3.05) is 18.5 Å². The first kappa shape index (κ1) is 10.8. The molecule has 1 rings (SSSR count). The van der Waals surface area contributed by atoms with E-state index >= 15 is 0 Å². The number of hydrogen-bond acceptors (Lipinski definition) is 5. The number of nitrogens with two attached hydrogens (primary N) is 1. The molecule has 0 saturated heterocycles. The van der Waals surface area contributed by atoms with Crippen molar-refractivity contribution in [3.05, 3.63) is 11.8 Å². The minimum absolute atomic E-state index is 0.0356. The number of nitrogen functional groups attached to an aromatic ring is 1. The van der Waals surface area contributed by atoms with Gasteiger partial charge in [-0.3, -0.25) is 4.79 Å². The van der Waals surface area contributed by atoms with Gasteiger partial charge in [0.2, 0.25) is 11.9 Å². The van der Waals surface area contributed by atoms with Crippen LogP contribution in [0.4, 0.5) is 5.95 Å². The molecule has 3 N–H and O–H groups in total. The second kappa shape index (κ2) is 4.80. The van der Waals surface area contributed by atoms with E-state index in [1.165, 1.54) is 11.8 Å². The number of carbonyl (C=O) groups is 1. The van der Waals surface area contributed by atoms with Gasteiger partial charge in [0.1, 0.15) is 5.03 Å². The molecular formula is C8H12N4OS. The Labute approximate surface area is 86.5 Å². The molecule has 5 nitrogen and oxygen atoms in total. The Morgan fingerprint density at radius 1 is 1.71 bits per heavy atom. The van der Waals surface area contributed by atoms with Crippen LogP contribution in [0.3, 0.4) is 0 Å². The van der Waals surface area contributed by atoms with E-state index in [1.807, 2.05) is 6.92 Å². The van der Waals surface area contributed by atoms with Crippen molar-refractivity contribution in [1.82, 2.24) is 15.3 Å². The number of nitrogens with zero attached hydrogens (tertiary/aromatic N) is 2. The standard InChI is InChI=1S/C8H12N4OS/c1-5-3-11-8(9)12-7(5)14-4-6(13)10-2/h3H,4H2,1-2H3,(H,10,13)(H2,9,11,12). The normalized spacial score (nSPS) is 9.86. The van der Waals surface area contributed by atoms with Gasteiger partial charge in [-0.25, -0.2) is 9.97 Å². The molecule has 6 heteroatoms. The smallest absolute Gasteiger partial charge is 0.230 e. The van der Waals surface area contributed by atoms with Crippen LogP contribution in [-0.4, -0.2) is 28.7 Å². The van der Waals surface area contributed by atoms with Crippen LogP contribution in [0.5, 0.6) is 0 Å². The van der Waals surface area contributed by atoms with Crippen LogP contribution in [0.1, 0.15) is 5.56 Å². The van der Waals surface area contributed by atoms with Crippen molar-refractivity contribution < 1.29 is 4.79 Å². The quantitative estimate of drug-likeness (QED) is 0.553. The number of carbonyl (C=O) groups excluding carboxylic acids is 1. The lowest BCUT2D eigenvalue weighted by atomic mass is 10.4. The number of aryl methyl sites for hydroxylation is 1. The highest BCUT2D eigenvalue weighted by atomic mass is 32.2. The fourth-order valence-corrected chi connectivity index (χ4v) is 1.64. The molecule has 0 bridgehead atoms. The second-order valence-electron chi connectivity index (χ2n) is 2.68. The highest BCUT2D eigenvalue weighted by Gasteiger charge is 2.05. The Balaban J connectivity index is 2.66. The number of aromatic nitrogens is 2. The van der Waals surface area contributed by atoms with E-state index in [0.717, 1.165) is 10.6 Å². The lowest BCUT2D eigenvalue weighted by Crippen LogP contribution is -2.19. The van der Waals surface area contributed by atoms with Gasteiger partial charge < -0.3 is 11.1 Å². The minimum atomic E-state index is -0.0356. The van der Waals surface area contributed by atoms with Gasteiger partial charge in [-0.2, -0.15) is 0 Å². The molecule has 0 aromatic carbocycles. The zero-order valence-corrected chi connectivity index (χ0v) is 8.89. The average molecular weight is 212 g/mol. The molecule has 0 saturated carbocycles. The molecule has 1 aromatic heterocycles. The van der Waals surface area contributed by atoms with Crippen LogP contribution in [0, 0.1) is 6.92 Å². The Bertz CT molecular complexity index is 342. The molecule has 0 fully saturated rings. The summed E-state index contributed by atoms with van der Waals surface area (Å²) in [5, 5.41) is 3.29. The molecule has 0 aliphatic heterocycles. The molecular weight excluding hydrogens is 200 g/mol. The van der Waals surface area contributed by atoms with E-state index in [0.29, 0.717) is 5.75 Å². The number of nitrogens with one attached hydrogen (secondary N) is 1. The summed E-state index contributed by atoms with van der Waals surface area (Å²) >= 11 is 1.35. The number of hydrogen-bond donors (Lipinski definition) is 2. The summed E-state index contributed by atoms with van der Waals surface area (Å²) < 4.78 is 0. The first-order valence-corrected chi connectivity index (χ1v) is 5.04. The summed E-state index contributed by atoms with van der Waals surface area (Å²) in [5.41, 5.74) is 6.35. The van der Waals surface area contributed by atoms with Gasteiger partial charge in [-0.15, -0.1) is 0 Å². The summed E-state index contributed by atoms with van der Waals surface area (Å²) in [6, 6.07) is 0. The lowest BCUT2D eigenvalue weighted by Gasteiger charge is -2.03. The summed E-state index contributed by atoms with van der Waals surface area (Å²) in [5.74, 6) is 0.537. The highest BCUT2D eigenvalue weighted by molar-refractivity contribution is 7.99. The van der Waals surface area contributed by atoms with Crippen molar-refractivity contribution in [3.8, 4) is 0 Å². The highest BCUT2D eigenvalue weighted by Crippen LogP contribution is 2.19. The molecule has 76 valence electrons. The van der Waals surface area contributed by atoms with Crippen LogP contribution < -0.4 is 11.1 Å². The molecule has 1 heterocycles. The van der Waals surface area contributed by atoms with Crippen LogP contribution in [0.15, 0.2) is 11.2 Å². The predicted molar refractivity (Wildman–Crippen MR) is 56.0 cm³/mol. The fraction of sp³-hybridized carbons (Fsp3) is 0.375. The van der Waals surface area contributed by atoms with Gasteiger partial charge in [-0.1, -0.05) is 11.8 Å². The van der Waals surface area contributed by atoms with Gasteiger partial charge in [0, 0.05) is 13.2 Å². The van der Waals surface area contributed by atoms with E-state index in [2.05, 4.69) is 15.3 Å². The fourth-order valence-electron chi connectivity index (χ4n) is 0.791. The maximum Gasteiger partial charge on any atom is 0.230 e. The van der Waals surface area contributed by atoms with Crippen LogP contribution in [0.25, 0.3) is 0 Å². The zero-order valence-electron chi connectivity index (χ0n) is 8.07. The molecule has 0 spiro atoms. The first-order valence-electron chi connectivity index (χ1n) is 4.06. The third-order valence-electron chi connectivity index (χ3n) is 1.56. The van der Waals surface area contributed by atoms with E-state index in [9.17, 15) is 4.79 Å². The van der Waals surface area contributed by atoms with Crippen LogP contribution in [-0.2, 0) is 4.79 Å². The third-order valence-corrected chi connectivity index (χ3v) is 2.66. The Morgan fingerprint density at radius 3 is 3.07 bits per heavy atom. The summed E-state index contributed by atoms with van der Waals surface area (Å²) in [6.45, 7) is 1.88. The molecule has 1 amide bonds. The van der Waals surface area contributed by atoms with E-state index in [1.54, 1.807) is 13.2 Å². The lowest BCUT2D eigenvalue weighted by molar-refractivity contribution is -0.118. The van der Waals surface area contributed by atoms with Gasteiger partial charge >= 0.3 is 0 Å². The Kier molecular flexibility index (Phi) is 3.70. The second-order valence-corrected chi connectivity index (χ2v) is 3.64. The summed E-state index contributed by atoms with van der Waals surface area (Å²) in [4.78, 5) is 18.8. The van der Waals surface area contributed by atoms with Gasteiger partial charge in [-0.05, 0) is 12.5 Å². The number of rotatable bonds is 3. The third kappa shape index (κ3) is 2.88. The monoisotopic (exact) mass is 212 g/mol. The molecule has 0 aliphatic carbocycles. The number of amides is 1. The van der Waals surface area contributed by atoms with E-state index in [4.69, 9.17) is 5.73 Å². The van der Waals surface area contributed by atoms with Crippen LogP contribution in [0.2, 0.25) is 0 Å². The van der Waals surface area contributed by atoms with Crippen molar-refractivity contribution in [2.45, 2.75) is 11.9 Å². The topological polar surface area (TPSA) is 80.9 Å². The summed E-state index contributed by atoms with van der Waals surface area (Å²) in [7, 11) is 1.60. The molecule has 0 unspecified atom stereocenters. The largest absolute Gasteiger partial charge is 0.368 e. The van der Waals surface area contributed by atoms with Gasteiger partial charge in [0.05, 0.1) is 5.75 Å². The van der Waals surface area contributed by atoms with E-state index < -0.39 is 0 Å². The molecule has 0 radical (unpaired) electrons. The van der Waals surface area contributed by atoms with E-state index in [-0.39, 0.29) is 11.9 Å². The van der Waals surface area contributed by atoms with Gasteiger partial charge in [0.15, 0.2) is 0 Å². The molecule has 1 aromatic rings. The Hall–Kier alpha value is -1.30. The maximum atomic E-state index is 11.0. The van der Waals surface area contributed by atoms with Gasteiger partial charge in [0.25, 0.3) is 0 Å². The first-order chi connectivity index (χ1) is 6.63. The molecule has 14 heavy (non-hydrogen) atoms. The Morgan fingerprint density at radius 2 is 2.43 bits per heavy atom. The van der Waals surface area contributed by atoms with Crippen molar-refractivity contribution in [2.24, 2.45) is 0 Å². The predicted octanol–water partition coefficient (Wildman–Crippen LogP) is 0.205. The molecule has 0 atom stereocenters. The average Bonchev–Trinajstić information content (AvgIpc) is 2.19. The maximum absolute atomic E-state index is 11.0. The van der Waals surface area contributed by atoms with Crippen molar-refractivity contribution in [3.63, 3.8) is 0 Å².